The molecule has 1 aliphatic heterocycles. The van der Waals surface area contributed by atoms with Gasteiger partial charge in [-0.05, 0) is 25.2 Å². The second kappa shape index (κ2) is 2.57. The molecule has 0 amide bonds. The van der Waals surface area contributed by atoms with E-state index >= 15 is 0 Å². The van der Waals surface area contributed by atoms with Crippen LogP contribution in [0.1, 0.15) is 26.2 Å². The molecule has 0 aromatic rings. The number of carbonyl (C=O) groups is 2. The van der Waals surface area contributed by atoms with Gasteiger partial charge in [0, 0.05) is 0 Å². The highest BCUT2D eigenvalue weighted by molar-refractivity contribution is 5.91. The van der Waals surface area contributed by atoms with Crippen LogP contribution in [0.4, 0.5) is 0 Å². The summed E-state index contributed by atoms with van der Waals surface area (Å²) < 4.78 is 4.62. The highest BCUT2D eigenvalue weighted by Crippen LogP contribution is 2.37. The zero-order valence-electron chi connectivity index (χ0n) is 7.08. The van der Waals surface area contributed by atoms with Gasteiger partial charge in [-0.1, -0.05) is 6.92 Å². The van der Waals surface area contributed by atoms with E-state index in [4.69, 9.17) is 0 Å². The standard InChI is InChI=1S/C9H12O3/c1-5-2-6-4-7(3-5)9(11)12-8(6)10/h5-7H,2-4H2,1H3. The van der Waals surface area contributed by atoms with Crippen molar-refractivity contribution in [3.8, 4) is 0 Å². The highest BCUT2D eigenvalue weighted by Gasteiger charge is 2.41. The molecule has 2 rings (SSSR count). The zero-order chi connectivity index (χ0) is 8.72. The van der Waals surface area contributed by atoms with Gasteiger partial charge in [-0.15, -0.1) is 0 Å². The van der Waals surface area contributed by atoms with Crippen LogP contribution in [0.15, 0.2) is 0 Å². The van der Waals surface area contributed by atoms with Crippen molar-refractivity contribution in [2.75, 3.05) is 0 Å². The lowest BCUT2D eigenvalue weighted by Gasteiger charge is -2.34. The molecular weight excluding hydrogens is 156 g/mol. The number of ether oxygens (including phenoxy) is 1. The van der Waals surface area contributed by atoms with Gasteiger partial charge in [-0.2, -0.15) is 0 Å². The summed E-state index contributed by atoms with van der Waals surface area (Å²) in [6.45, 7) is 2.09. The van der Waals surface area contributed by atoms with Gasteiger partial charge < -0.3 is 4.74 Å². The van der Waals surface area contributed by atoms with E-state index in [0.717, 1.165) is 19.3 Å². The first kappa shape index (κ1) is 7.77. The minimum absolute atomic E-state index is 0.00329. The van der Waals surface area contributed by atoms with Gasteiger partial charge in [-0.25, -0.2) is 0 Å². The summed E-state index contributed by atoms with van der Waals surface area (Å²) in [5, 5.41) is 0. The summed E-state index contributed by atoms with van der Waals surface area (Å²) in [7, 11) is 0. The van der Waals surface area contributed by atoms with E-state index in [1.54, 1.807) is 0 Å². The van der Waals surface area contributed by atoms with Gasteiger partial charge in [0.25, 0.3) is 0 Å². The molecule has 66 valence electrons. The van der Waals surface area contributed by atoms with E-state index in [0.29, 0.717) is 5.92 Å². The van der Waals surface area contributed by atoms with E-state index in [1.165, 1.54) is 0 Å². The van der Waals surface area contributed by atoms with Gasteiger partial charge in [0.05, 0.1) is 11.8 Å². The van der Waals surface area contributed by atoms with Crippen molar-refractivity contribution >= 4 is 11.9 Å². The number of cyclic esters (lactones) is 2. The second-order valence-corrected chi connectivity index (χ2v) is 3.95. The van der Waals surface area contributed by atoms with E-state index in [9.17, 15) is 9.59 Å². The second-order valence-electron chi connectivity index (χ2n) is 3.95. The Morgan fingerprint density at radius 3 is 2.08 bits per heavy atom. The molecule has 1 heterocycles. The van der Waals surface area contributed by atoms with Crippen LogP contribution in [0.3, 0.4) is 0 Å². The number of carbonyl (C=O) groups excluding carboxylic acids is 2. The Balaban J connectivity index is 2.18. The fraction of sp³-hybridized carbons (Fsp3) is 0.778. The quantitative estimate of drug-likeness (QED) is 0.402. The first-order chi connectivity index (χ1) is 5.66. The normalized spacial score (nSPS) is 40.9. The Morgan fingerprint density at radius 1 is 1.08 bits per heavy atom. The molecule has 12 heavy (non-hydrogen) atoms. The molecule has 3 nitrogen and oxygen atoms in total. The molecule has 2 bridgehead atoms. The van der Waals surface area contributed by atoms with Crippen LogP contribution in [-0.4, -0.2) is 11.9 Å². The van der Waals surface area contributed by atoms with Crippen LogP contribution < -0.4 is 0 Å². The van der Waals surface area contributed by atoms with Crippen molar-refractivity contribution in [2.45, 2.75) is 26.2 Å². The summed E-state index contributed by atoms with van der Waals surface area (Å²) in [5.41, 5.74) is 0. The molecule has 0 N–H and O–H groups in total. The van der Waals surface area contributed by atoms with E-state index in [1.807, 2.05) is 0 Å². The molecular formula is C9H12O3. The van der Waals surface area contributed by atoms with Crippen molar-refractivity contribution in [2.24, 2.45) is 17.8 Å². The van der Waals surface area contributed by atoms with Gasteiger partial charge in [0.1, 0.15) is 0 Å². The van der Waals surface area contributed by atoms with Gasteiger partial charge in [-0.3, -0.25) is 9.59 Å². The van der Waals surface area contributed by atoms with Crippen molar-refractivity contribution in [3.05, 3.63) is 0 Å². The Morgan fingerprint density at radius 2 is 1.58 bits per heavy atom. The van der Waals surface area contributed by atoms with Crippen LogP contribution in [0.2, 0.25) is 0 Å². The number of rotatable bonds is 0. The fourth-order valence-corrected chi connectivity index (χ4v) is 2.25. The van der Waals surface area contributed by atoms with Crippen molar-refractivity contribution < 1.29 is 14.3 Å². The minimum atomic E-state index is -0.303. The third-order valence-electron chi connectivity index (χ3n) is 2.81. The van der Waals surface area contributed by atoms with Gasteiger partial charge >= 0.3 is 11.9 Å². The average molecular weight is 168 g/mol. The summed E-state index contributed by atoms with van der Waals surface area (Å²) in [6.07, 6.45) is 2.51. The molecule has 2 unspecified atom stereocenters. The predicted octanol–water partition coefficient (Wildman–Crippen LogP) is 1.12. The third-order valence-corrected chi connectivity index (χ3v) is 2.81. The molecule has 2 atom stereocenters. The first-order valence-electron chi connectivity index (χ1n) is 4.42. The number of esters is 2. The number of hydrogen-bond donors (Lipinski definition) is 0. The summed E-state index contributed by atoms with van der Waals surface area (Å²) in [5.74, 6) is -0.121. The summed E-state index contributed by atoms with van der Waals surface area (Å²) in [4.78, 5) is 22.2. The van der Waals surface area contributed by atoms with Gasteiger partial charge in [0.2, 0.25) is 0 Å². The monoisotopic (exact) mass is 168 g/mol. The maximum absolute atomic E-state index is 11.1. The molecule has 1 saturated carbocycles. The van der Waals surface area contributed by atoms with E-state index in [2.05, 4.69) is 11.7 Å². The van der Waals surface area contributed by atoms with Crippen LogP contribution in [0.25, 0.3) is 0 Å². The highest BCUT2D eigenvalue weighted by atomic mass is 16.6. The Labute approximate surface area is 71.1 Å². The lowest BCUT2D eigenvalue weighted by Crippen LogP contribution is -2.40. The van der Waals surface area contributed by atoms with E-state index in [-0.39, 0.29) is 23.8 Å². The number of hydrogen-bond acceptors (Lipinski definition) is 3. The van der Waals surface area contributed by atoms with Crippen LogP contribution >= 0.6 is 0 Å². The Hall–Kier alpha value is -0.860. The maximum Gasteiger partial charge on any atom is 0.316 e. The van der Waals surface area contributed by atoms with Crippen LogP contribution in [0.5, 0.6) is 0 Å². The lowest BCUT2D eigenvalue weighted by molar-refractivity contribution is -0.175. The van der Waals surface area contributed by atoms with E-state index < -0.39 is 0 Å². The molecule has 3 heteroatoms. The topological polar surface area (TPSA) is 43.4 Å². The summed E-state index contributed by atoms with van der Waals surface area (Å²) in [6, 6.07) is 0. The van der Waals surface area contributed by atoms with Crippen molar-refractivity contribution in [1.82, 2.24) is 0 Å². The Kier molecular flexibility index (Phi) is 1.67. The predicted molar refractivity (Wildman–Crippen MR) is 41.1 cm³/mol. The fourth-order valence-electron chi connectivity index (χ4n) is 2.25. The molecule has 1 saturated heterocycles. The smallest absolute Gasteiger partial charge is 0.316 e. The van der Waals surface area contributed by atoms with Crippen LogP contribution in [0, 0.1) is 17.8 Å². The SMILES string of the molecule is CC1CC2CC(C1)C(=O)OC2=O. The van der Waals surface area contributed by atoms with Crippen molar-refractivity contribution in [3.63, 3.8) is 0 Å². The molecule has 2 fully saturated rings. The molecule has 0 aromatic heterocycles. The molecule has 0 radical (unpaired) electrons. The zero-order valence-corrected chi connectivity index (χ0v) is 7.08. The third kappa shape index (κ3) is 1.13. The first-order valence-corrected chi connectivity index (χ1v) is 4.42. The molecule has 0 aromatic carbocycles. The lowest BCUT2D eigenvalue weighted by atomic mass is 9.74. The maximum atomic E-state index is 11.1. The van der Waals surface area contributed by atoms with Crippen LogP contribution in [-0.2, 0) is 14.3 Å². The van der Waals surface area contributed by atoms with Gasteiger partial charge in [0.15, 0.2) is 0 Å². The Bertz CT molecular complexity index is 212. The summed E-state index contributed by atoms with van der Waals surface area (Å²) >= 11 is 0. The molecule has 1 aliphatic carbocycles. The molecule has 0 spiro atoms. The van der Waals surface area contributed by atoms with Crippen molar-refractivity contribution in [1.29, 1.82) is 0 Å². The average Bonchev–Trinajstić information content (AvgIpc) is 2.01. The minimum Gasteiger partial charge on any atom is -0.393 e. The number of fused-ring (bicyclic) bond motifs is 2. The molecule has 2 aliphatic rings. The largest absolute Gasteiger partial charge is 0.393 e.